The molecule has 5 rings (SSSR count). The molecule has 2 fully saturated rings. The van der Waals surface area contributed by atoms with Crippen LogP contribution in [0.3, 0.4) is 0 Å². The summed E-state index contributed by atoms with van der Waals surface area (Å²) in [6, 6.07) is 16.5. The SMILES string of the molecule is CC(C)(C)OC(=O)N[C@@H]1C(=O)N2C(C(=O)OC(c3ccccc3)c3ccccc3)=C(C(CC(F)(F)F)=C3CNC3=O)CS[C@H]12. The maximum atomic E-state index is 14.1. The van der Waals surface area contributed by atoms with E-state index in [9.17, 15) is 32.3 Å². The predicted octanol–water partition coefficient (Wildman–Crippen LogP) is 4.76. The lowest BCUT2D eigenvalue weighted by Gasteiger charge is -2.50. The van der Waals surface area contributed by atoms with Crippen LogP contribution in [0.1, 0.15) is 44.4 Å². The average molecular weight is 630 g/mol. The van der Waals surface area contributed by atoms with Gasteiger partial charge in [0.15, 0.2) is 6.10 Å². The predicted molar refractivity (Wildman–Crippen MR) is 155 cm³/mol. The number of halogens is 3. The molecule has 0 aromatic heterocycles. The molecule has 2 saturated heterocycles. The lowest BCUT2D eigenvalue weighted by Crippen LogP contribution is -2.71. The van der Waals surface area contributed by atoms with Gasteiger partial charge in [-0.1, -0.05) is 60.7 Å². The smallest absolute Gasteiger partial charge is 0.408 e. The van der Waals surface area contributed by atoms with Crippen LogP contribution >= 0.6 is 11.8 Å². The number of hydrogen-bond donors (Lipinski definition) is 2. The zero-order valence-corrected chi connectivity index (χ0v) is 24.9. The van der Waals surface area contributed by atoms with E-state index in [0.717, 1.165) is 16.7 Å². The average Bonchev–Trinajstić information content (AvgIpc) is 2.96. The summed E-state index contributed by atoms with van der Waals surface area (Å²) in [7, 11) is 0. The molecular weight excluding hydrogens is 599 g/mol. The Labute approximate surface area is 255 Å². The van der Waals surface area contributed by atoms with Gasteiger partial charge in [0.05, 0.1) is 6.42 Å². The Hall–Kier alpha value is -4.26. The molecule has 3 aliphatic rings. The Morgan fingerprint density at radius 3 is 2.09 bits per heavy atom. The number of benzene rings is 2. The van der Waals surface area contributed by atoms with Gasteiger partial charge in [-0.3, -0.25) is 14.5 Å². The maximum Gasteiger partial charge on any atom is 0.408 e. The molecule has 232 valence electrons. The van der Waals surface area contributed by atoms with Gasteiger partial charge >= 0.3 is 18.2 Å². The molecule has 3 aliphatic heterocycles. The molecule has 0 aliphatic carbocycles. The fraction of sp³-hybridized carbons (Fsp3) is 0.355. The van der Waals surface area contributed by atoms with Crippen molar-refractivity contribution in [1.29, 1.82) is 0 Å². The summed E-state index contributed by atoms with van der Waals surface area (Å²) in [6.07, 6.45) is -7.99. The molecule has 0 spiro atoms. The van der Waals surface area contributed by atoms with Crippen molar-refractivity contribution in [2.45, 2.75) is 56.5 Å². The third-order valence-corrected chi connectivity index (χ3v) is 8.35. The van der Waals surface area contributed by atoms with Crippen LogP contribution in [0.4, 0.5) is 18.0 Å². The minimum Gasteiger partial charge on any atom is -0.448 e. The first-order valence-corrected chi connectivity index (χ1v) is 14.8. The Morgan fingerprint density at radius 2 is 1.61 bits per heavy atom. The van der Waals surface area contributed by atoms with Crippen molar-refractivity contribution in [1.82, 2.24) is 15.5 Å². The number of hydrogen-bond acceptors (Lipinski definition) is 7. The Balaban J connectivity index is 1.56. The van der Waals surface area contributed by atoms with E-state index >= 15 is 0 Å². The van der Waals surface area contributed by atoms with Crippen LogP contribution in [0.2, 0.25) is 0 Å². The van der Waals surface area contributed by atoms with E-state index in [4.69, 9.17) is 9.47 Å². The van der Waals surface area contributed by atoms with E-state index in [1.807, 2.05) is 0 Å². The van der Waals surface area contributed by atoms with E-state index in [1.54, 1.807) is 81.4 Å². The molecule has 3 heterocycles. The number of allylic oxidation sites excluding steroid dienone is 1. The molecule has 2 N–H and O–H groups in total. The van der Waals surface area contributed by atoms with Gasteiger partial charge in [-0.15, -0.1) is 11.8 Å². The van der Waals surface area contributed by atoms with Gasteiger partial charge < -0.3 is 20.1 Å². The highest BCUT2D eigenvalue weighted by molar-refractivity contribution is 8.00. The van der Waals surface area contributed by atoms with Crippen molar-refractivity contribution < 1.29 is 41.8 Å². The van der Waals surface area contributed by atoms with Crippen molar-refractivity contribution in [2.75, 3.05) is 12.3 Å². The zero-order valence-electron chi connectivity index (χ0n) is 24.1. The van der Waals surface area contributed by atoms with Crippen molar-refractivity contribution in [3.8, 4) is 0 Å². The summed E-state index contributed by atoms with van der Waals surface area (Å²) in [5, 5.41) is 4.11. The molecule has 3 amide bonds. The van der Waals surface area contributed by atoms with Gasteiger partial charge in [-0.25, -0.2) is 9.59 Å². The molecule has 0 saturated carbocycles. The Kier molecular flexibility index (Phi) is 8.52. The summed E-state index contributed by atoms with van der Waals surface area (Å²) in [4.78, 5) is 53.4. The van der Waals surface area contributed by atoms with Gasteiger partial charge in [0.2, 0.25) is 5.91 Å². The van der Waals surface area contributed by atoms with Gasteiger partial charge in [-0.05, 0) is 43.0 Å². The van der Waals surface area contributed by atoms with Gasteiger partial charge in [0.1, 0.15) is 22.7 Å². The van der Waals surface area contributed by atoms with E-state index in [-0.39, 0.29) is 34.7 Å². The summed E-state index contributed by atoms with van der Waals surface area (Å²) in [6.45, 7) is 4.85. The molecular formula is C31H30F3N3O6S. The van der Waals surface area contributed by atoms with Gasteiger partial charge in [0.25, 0.3) is 5.91 Å². The largest absolute Gasteiger partial charge is 0.448 e. The molecule has 2 aromatic rings. The molecule has 2 aromatic carbocycles. The standard InChI is InChI=1S/C31H30F3N3O6S/c1-30(2,3)43-29(41)36-22-26(39)37-23(21(16-44-27(22)37)19(14-31(32,33)34)20-15-35-25(20)38)28(40)42-24(17-10-6-4-7-11-17)18-12-8-5-9-13-18/h4-13,22,24,27H,14-16H2,1-3H3,(H,35,38)(H,36,41)/t22-,27-/m1/s1. The first kappa shape index (κ1) is 31.2. The molecule has 0 unspecified atom stereocenters. The quantitative estimate of drug-likeness (QED) is 0.258. The third kappa shape index (κ3) is 6.62. The second kappa shape index (κ2) is 12.0. The fourth-order valence-electron chi connectivity index (χ4n) is 5.11. The number of fused-ring (bicyclic) bond motifs is 1. The molecule has 13 heteroatoms. The topological polar surface area (TPSA) is 114 Å². The lowest BCUT2D eigenvalue weighted by atomic mass is 9.90. The highest BCUT2D eigenvalue weighted by Crippen LogP contribution is 2.46. The highest BCUT2D eigenvalue weighted by atomic mass is 32.2. The van der Waals surface area contributed by atoms with Crippen LogP contribution in [0.5, 0.6) is 0 Å². The fourth-order valence-corrected chi connectivity index (χ4v) is 6.49. The first-order chi connectivity index (χ1) is 20.7. The number of esters is 1. The molecule has 0 radical (unpaired) electrons. The summed E-state index contributed by atoms with van der Waals surface area (Å²) >= 11 is 1.07. The van der Waals surface area contributed by atoms with Gasteiger partial charge in [0, 0.05) is 17.9 Å². The number of alkyl halides is 3. The Bertz CT molecular complexity index is 1500. The van der Waals surface area contributed by atoms with Crippen molar-refractivity contribution in [3.63, 3.8) is 0 Å². The summed E-state index contributed by atoms with van der Waals surface area (Å²) in [5.74, 6) is -2.58. The molecule has 9 nitrogen and oxygen atoms in total. The van der Waals surface area contributed by atoms with Crippen molar-refractivity contribution in [3.05, 3.63) is 94.2 Å². The first-order valence-electron chi connectivity index (χ1n) is 13.8. The minimum absolute atomic E-state index is 0.109. The number of thioether (sulfide) groups is 1. The van der Waals surface area contributed by atoms with Crippen molar-refractivity contribution >= 4 is 35.6 Å². The molecule has 44 heavy (non-hydrogen) atoms. The second-order valence-electron chi connectivity index (χ2n) is 11.4. The lowest BCUT2D eigenvalue weighted by molar-refractivity contribution is -0.153. The number of carbonyl (C=O) groups is 4. The minimum atomic E-state index is -4.71. The van der Waals surface area contributed by atoms with Crippen LogP contribution in [-0.2, 0) is 23.9 Å². The third-order valence-electron chi connectivity index (χ3n) is 7.07. The number of ether oxygens (including phenoxy) is 2. The summed E-state index contributed by atoms with van der Waals surface area (Å²) < 4.78 is 52.8. The monoisotopic (exact) mass is 629 g/mol. The van der Waals surface area contributed by atoms with E-state index in [0.29, 0.717) is 11.1 Å². The number of rotatable bonds is 7. The highest BCUT2D eigenvalue weighted by Gasteiger charge is 2.56. The van der Waals surface area contributed by atoms with Crippen LogP contribution in [-0.4, -0.2) is 64.3 Å². The van der Waals surface area contributed by atoms with E-state index in [2.05, 4.69) is 10.6 Å². The Morgan fingerprint density at radius 1 is 1.02 bits per heavy atom. The number of β-lactam (4-membered cyclic amide) rings is 2. The van der Waals surface area contributed by atoms with Crippen LogP contribution < -0.4 is 10.6 Å². The second-order valence-corrected chi connectivity index (χ2v) is 12.5. The van der Waals surface area contributed by atoms with Crippen LogP contribution in [0.25, 0.3) is 0 Å². The molecule has 2 atom stereocenters. The van der Waals surface area contributed by atoms with Crippen molar-refractivity contribution in [2.24, 2.45) is 0 Å². The number of alkyl carbamates (subject to hydrolysis) is 1. The zero-order chi connectivity index (χ0) is 31.8. The number of nitrogens with one attached hydrogen (secondary N) is 2. The van der Waals surface area contributed by atoms with Crippen LogP contribution in [0, 0.1) is 0 Å². The number of carbonyl (C=O) groups excluding carboxylic acids is 4. The van der Waals surface area contributed by atoms with Gasteiger partial charge in [-0.2, -0.15) is 13.2 Å². The van der Waals surface area contributed by atoms with E-state index < -0.39 is 59.6 Å². The normalized spacial score (nSPS) is 21.1. The van der Waals surface area contributed by atoms with Crippen LogP contribution in [0.15, 0.2) is 83.1 Å². The molecule has 0 bridgehead atoms. The van der Waals surface area contributed by atoms with E-state index in [1.165, 1.54) is 0 Å². The number of amides is 3. The summed E-state index contributed by atoms with van der Waals surface area (Å²) in [5.41, 5.74) is -0.617. The number of nitrogens with zero attached hydrogens (tertiary/aromatic N) is 1. The maximum absolute atomic E-state index is 14.1.